The fourth-order valence-electron chi connectivity index (χ4n) is 2.68. The van der Waals surface area contributed by atoms with Crippen molar-refractivity contribution in [2.24, 2.45) is 0 Å². The van der Waals surface area contributed by atoms with Gasteiger partial charge in [0.25, 0.3) is 0 Å². The molecule has 0 amide bonds. The molecule has 0 atom stereocenters. The minimum absolute atomic E-state index is 0.00414. The molecule has 0 fully saturated rings. The molecule has 0 saturated heterocycles. The predicted octanol–water partition coefficient (Wildman–Crippen LogP) is 3.76. The van der Waals surface area contributed by atoms with Crippen LogP contribution in [0.25, 0.3) is 0 Å². The molecule has 0 aliphatic heterocycles. The lowest BCUT2D eigenvalue weighted by atomic mass is 10.1. The van der Waals surface area contributed by atoms with Gasteiger partial charge in [0.1, 0.15) is 6.54 Å². The van der Waals surface area contributed by atoms with Gasteiger partial charge in [-0.25, -0.2) is 13.2 Å². The summed E-state index contributed by atoms with van der Waals surface area (Å²) < 4.78 is 67.1. The first kappa shape index (κ1) is 23.0. The van der Waals surface area contributed by atoms with Gasteiger partial charge in [-0.3, -0.25) is 4.79 Å². The molecule has 0 spiro atoms. The van der Waals surface area contributed by atoms with Gasteiger partial charge in [0.2, 0.25) is 5.78 Å². The Morgan fingerprint density at radius 3 is 2.31 bits per heavy atom. The monoisotopic (exact) mass is 451 g/mol. The Morgan fingerprint density at radius 2 is 1.76 bits per heavy atom. The van der Waals surface area contributed by atoms with E-state index < -0.39 is 40.9 Å². The number of alkyl halides is 3. The molecule has 2 rings (SSSR count). The summed E-state index contributed by atoms with van der Waals surface area (Å²) in [5.74, 6) is -1.73. The first-order chi connectivity index (χ1) is 13.2. The summed E-state index contributed by atoms with van der Waals surface area (Å²) in [6.07, 6.45) is -3.51. The lowest BCUT2D eigenvalue weighted by Crippen LogP contribution is -2.20. The van der Waals surface area contributed by atoms with Gasteiger partial charge in [0.05, 0.1) is 15.5 Å². The van der Waals surface area contributed by atoms with E-state index in [2.05, 4.69) is 0 Å². The van der Waals surface area contributed by atoms with E-state index in [0.717, 1.165) is 16.9 Å². The molecule has 0 aliphatic rings. The van der Waals surface area contributed by atoms with Crippen molar-refractivity contribution in [1.29, 1.82) is 0 Å². The van der Waals surface area contributed by atoms with Crippen LogP contribution in [-0.4, -0.2) is 43.8 Å². The largest absolute Gasteiger partial charge is 0.454 e. The van der Waals surface area contributed by atoms with E-state index in [4.69, 9.17) is 16.3 Å². The number of rotatable bonds is 6. The van der Waals surface area contributed by atoms with E-state index in [1.165, 1.54) is 32.0 Å². The second-order valence-electron chi connectivity index (χ2n) is 6.40. The zero-order chi connectivity index (χ0) is 22.1. The molecule has 0 unspecified atom stereocenters. The minimum atomic E-state index is -4.46. The second-order valence-corrected chi connectivity index (χ2v) is 8.82. The highest BCUT2D eigenvalue weighted by Crippen LogP contribution is 2.24. The molecule has 0 saturated carbocycles. The molecule has 0 bridgehead atoms. The van der Waals surface area contributed by atoms with Crippen molar-refractivity contribution in [2.45, 2.75) is 31.5 Å². The van der Waals surface area contributed by atoms with Crippen LogP contribution in [0.15, 0.2) is 29.2 Å². The van der Waals surface area contributed by atoms with Crippen molar-refractivity contribution in [3.05, 3.63) is 51.8 Å². The molecule has 29 heavy (non-hydrogen) atoms. The molecule has 0 aliphatic carbocycles. The van der Waals surface area contributed by atoms with Crippen LogP contribution in [0, 0.1) is 13.8 Å². The number of aryl methyl sites for hydroxylation is 1. The van der Waals surface area contributed by atoms with Crippen molar-refractivity contribution >= 4 is 33.2 Å². The number of halogens is 4. The molecule has 2 aromatic rings. The molecule has 11 heteroatoms. The third-order valence-electron chi connectivity index (χ3n) is 4.13. The van der Waals surface area contributed by atoms with Crippen LogP contribution in [0.5, 0.6) is 0 Å². The lowest BCUT2D eigenvalue weighted by molar-refractivity contribution is -0.141. The molecule has 0 radical (unpaired) electrons. The summed E-state index contributed by atoms with van der Waals surface area (Å²) in [5.41, 5.74) is 0.0804. The van der Waals surface area contributed by atoms with Gasteiger partial charge in [0.15, 0.2) is 16.4 Å². The van der Waals surface area contributed by atoms with E-state index in [0.29, 0.717) is 0 Å². The molecule has 1 aromatic carbocycles. The second kappa shape index (κ2) is 8.19. The maximum atomic E-state index is 12.7. The fourth-order valence-corrected chi connectivity index (χ4v) is 3.53. The lowest BCUT2D eigenvalue weighted by Gasteiger charge is -2.12. The van der Waals surface area contributed by atoms with Gasteiger partial charge in [-0.1, -0.05) is 11.6 Å². The van der Waals surface area contributed by atoms with E-state index >= 15 is 0 Å². The van der Waals surface area contributed by atoms with Crippen LogP contribution in [0.1, 0.15) is 32.1 Å². The van der Waals surface area contributed by atoms with Gasteiger partial charge in [-0.15, -0.1) is 0 Å². The number of hydrogen-bond acceptors (Lipinski definition) is 5. The number of hydrogen-bond donors (Lipinski definition) is 0. The first-order valence-electron chi connectivity index (χ1n) is 8.14. The number of Topliss-reactive ketones (excluding diaryl/α,β-unsaturated/α-hetero) is 1. The van der Waals surface area contributed by atoms with Gasteiger partial charge in [-0.2, -0.15) is 13.2 Å². The van der Waals surface area contributed by atoms with Crippen molar-refractivity contribution in [2.75, 3.05) is 12.9 Å². The summed E-state index contributed by atoms with van der Waals surface area (Å²) >= 11 is 5.89. The Bertz CT molecular complexity index is 1070. The Labute approximate surface area is 170 Å². The van der Waals surface area contributed by atoms with Crippen molar-refractivity contribution in [3.8, 4) is 0 Å². The topological polar surface area (TPSA) is 82.4 Å². The number of carbonyl (C=O) groups is 2. The highest BCUT2D eigenvalue weighted by Gasteiger charge is 2.30. The van der Waals surface area contributed by atoms with E-state index in [-0.39, 0.29) is 32.4 Å². The van der Waals surface area contributed by atoms with Gasteiger partial charge >= 0.3 is 12.1 Å². The highest BCUT2D eigenvalue weighted by atomic mass is 35.5. The number of carbonyl (C=O) groups excluding carboxylic acids is 2. The number of nitrogens with zero attached hydrogens (tertiary/aromatic N) is 1. The summed E-state index contributed by atoms with van der Waals surface area (Å²) in [4.78, 5) is 24.4. The minimum Gasteiger partial charge on any atom is -0.454 e. The smallest absolute Gasteiger partial charge is 0.406 e. The average molecular weight is 452 g/mol. The number of ether oxygens (including phenoxy) is 1. The molecule has 1 aromatic heterocycles. The zero-order valence-electron chi connectivity index (χ0n) is 15.6. The molecule has 6 nitrogen and oxygen atoms in total. The standard InChI is InChI=1S/C18H17ClF3NO5S/c1-10-6-13(11(2)23(10)9-18(20,21)22)16(24)8-28-17(25)14-7-12(29(3,26)27)4-5-15(14)19/h4-7H,8-9H2,1-3H3. The van der Waals surface area contributed by atoms with Crippen LogP contribution < -0.4 is 0 Å². The van der Waals surface area contributed by atoms with Gasteiger partial charge < -0.3 is 9.30 Å². The number of ketones is 1. The van der Waals surface area contributed by atoms with Crippen molar-refractivity contribution in [3.63, 3.8) is 0 Å². The first-order valence-corrected chi connectivity index (χ1v) is 10.4. The Kier molecular flexibility index (Phi) is 6.48. The molecule has 158 valence electrons. The highest BCUT2D eigenvalue weighted by molar-refractivity contribution is 7.90. The van der Waals surface area contributed by atoms with Crippen LogP contribution in [0.4, 0.5) is 13.2 Å². The number of aromatic nitrogens is 1. The zero-order valence-corrected chi connectivity index (χ0v) is 17.2. The van der Waals surface area contributed by atoms with Crippen molar-refractivity contribution in [1.82, 2.24) is 4.57 Å². The van der Waals surface area contributed by atoms with E-state index in [1.54, 1.807) is 0 Å². The van der Waals surface area contributed by atoms with Crippen LogP contribution in [-0.2, 0) is 21.1 Å². The fraction of sp³-hybridized carbons (Fsp3) is 0.333. The van der Waals surface area contributed by atoms with Crippen molar-refractivity contribution < 1.29 is 35.9 Å². The van der Waals surface area contributed by atoms with Gasteiger partial charge in [-0.05, 0) is 38.1 Å². The van der Waals surface area contributed by atoms with Crippen LogP contribution in [0.2, 0.25) is 5.02 Å². The molecule has 0 N–H and O–H groups in total. The maximum absolute atomic E-state index is 12.7. The number of esters is 1. The molecular weight excluding hydrogens is 435 g/mol. The molecular formula is C18H17ClF3NO5S. The number of sulfone groups is 1. The van der Waals surface area contributed by atoms with Crippen LogP contribution in [0.3, 0.4) is 0 Å². The summed E-state index contributed by atoms with van der Waals surface area (Å²) in [5, 5.41) is -0.0711. The van der Waals surface area contributed by atoms with Gasteiger partial charge in [0, 0.05) is 23.2 Å². The molecule has 1 heterocycles. The number of benzene rings is 1. The predicted molar refractivity (Wildman–Crippen MR) is 99.1 cm³/mol. The average Bonchev–Trinajstić information content (AvgIpc) is 2.85. The quantitative estimate of drug-likeness (QED) is 0.493. The third-order valence-corrected chi connectivity index (χ3v) is 5.57. The Hall–Kier alpha value is -2.33. The normalized spacial score (nSPS) is 12.1. The van der Waals surface area contributed by atoms with Crippen LogP contribution >= 0.6 is 11.6 Å². The van der Waals surface area contributed by atoms with E-state index in [1.807, 2.05) is 0 Å². The SMILES string of the molecule is Cc1cc(C(=O)COC(=O)c2cc(S(C)(=O)=O)ccc2Cl)c(C)n1CC(F)(F)F. The Balaban J connectivity index is 2.18. The Morgan fingerprint density at radius 1 is 1.14 bits per heavy atom. The summed E-state index contributed by atoms with van der Waals surface area (Å²) in [7, 11) is -3.60. The third kappa shape index (κ3) is 5.60. The summed E-state index contributed by atoms with van der Waals surface area (Å²) in [6, 6.07) is 4.74. The van der Waals surface area contributed by atoms with E-state index in [9.17, 15) is 31.2 Å². The maximum Gasteiger partial charge on any atom is 0.406 e. The summed E-state index contributed by atoms with van der Waals surface area (Å²) in [6.45, 7) is 0.804.